The molecule has 4 amide bonds. The van der Waals surface area contributed by atoms with Crippen molar-refractivity contribution in [1.82, 2.24) is 15.5 Å². The van der Waals surface area contributed by atoms with E-state index in [0.717, 1.165) is 20.9 Å². The average molecular weight is 478 g/mol. The van der Waals surface area contributed by atoms with Gasteiger partial charge in [0.1, 0.15) is 12.1 Å². The molecule has 1 fully saturated rings. The monoisotopic (exact) mass is 477 g/mol. The van der Waals surface area contributed by atoms with Crippen LogP contribution in [0.5, 0.6) is 11.5 Å². The second kappa shape index (κ2) is 8.49. The van der Waals surface area contributed by atoms with Crippen LogP contribution in [0.25, 0.3) is 0 Å². The first-order valence-corrected chi connectivity index (χ1v) is 11.7. The molecular formula is C25H23N3O5S. The van der Waals surface area contributed by atoms with Crippen molar-refractivity contribution in [3.05, 3.63) is 81.5 Å². The van der Waals surface area contributed by atoms with Crippen LogP contribution >= 0.6 is 11.3 Å². The van der Waals surface area contributed by atoms with E-state index in [9.17, 15) is 14.4 Å². The molecule has 2 aliphatic rings. The molecule has 0 spiro atoms. The molecule has 2 atom stereocenters. The summed E-state index contributed by atoms with van der Waals surface area (Å²) in [5, 5.41) is 7.65. The van der Waals surface area contributed by atoms with Gasteiger partial charge in [0.15, 0.2) is 11.5 Å². The summed E-state index contributed by atoms with van der Waals surface area (Å²) in [5.74, 6) is 0.150. The molecule has 2 N–H and O–H groups in total. The van der Waals surface area contributed by atoms with Crippen molar-refractivity contribution < 1.29 is 23.9 Å². The summed E-state index contributed by atoms with van der Waals surface area (Å²) in [4.78, 5) is 40.9. The molecule has 174 valence electrons. The molecule has 3 aromatic rings. The Balaban J connectivity index is 1.34. The minimum atomic E-state index is -1.32. The second-order valence-corrected chi connectivity index (χ2v) is 9.42. The van der Waals surface area contributed by atoms with Crippen molar-refractivity contribution in [2.45, 2.75) is 25.4 Å². The Morgan fingerprint density at radius 1 is 1.15 bits per heavy atom. The Bertz CT molecular complexity index is 1260. The topological polar surface area (TPSA) is 97.0 Å². The maximum Gasteiger partial charge on any atom is 0.325 e. The number of carbonyl (C=O) groups is 3. The van der Waals surface area contributed by atoms with Crippen LogP contribution < -0.4 is 20.1 Å². The number of nitrogens with zero attached hydrogens (tertiary/aromatic N) is 1. The SMILES string of the molecule is Cc1ccc([C@@H](NC(=O)CN2C(=O)N[C@@](C)(c3ccc4c(c3)OCO4)C2=O)c2cccs2)cc1. The number of fused-ring (bicyclic) bond motifs is 1. The van der Waals surface area contributed by atoms with E-state index in [0.29, 0.717) is 17.1 Å². The lowest BCUT2D eigenvalue weighted by atomic mass is 9.91. The minimum Gasteiger partial charge on any atom is -0.454 e. The van der Waals surface area contributed by atoms with Crippen LogP contribution in [-0.2, 0) is 15.1 Å². The van der Waals surface area contributed by atoms with Crippen molar-refractivity contribution in [1.29, 1.82) is 0 Å². The number of amides is 4. The van der Waals surface area contributed by atoms with Crippen molar-refractivity contribution in [2.75, 3.05) is 13.3 Å². The standard InChI is InChI=1S/C25H23N3O5S/c1-15-5-7-16(8-6-15)22(20-4-3-11-34-20)26-21(29)13-28-23(30)25(2,27-24(28)31)17-9-10-18-19(12-17)33-14-32-18/h3-12,22H,13-14H2,1-2H3,(H,26,29)(H,27,31)/t22-,25+/m1/s1. The quantitative estimate of drug-likeness (QED) is 0.530. The van der Waals surface area contributed by atoms with E-state index >= 15 is 0 Å². The zero-order chi connectivity index (χ0) is 23.9. The molecule has 2 aliphatic heterocycles. The van der Waals surface area contributed by atoms with Crippen LogP contribution in [0.2, 0.25) is 0 Å². The highest BCUT2D eigenvalue weighted by molar-refractivity contribution is 7.10. The lowest BCUT2D eigenvalue weighted by Gasteiger charge is -2.23. The summed E-state index contributed by atoms with van der Waals surface area (Å²) < 4.78 is 10.7. The van der Waals surface area contributed by atoms with E-state index < -0.39 is 29.9 Å². The molecule has 2 aromatic carbocycles. The third-order valence-corrected chi connectivity index (χ3v) is 7.01. The summed E-state index contributed by atoms with van der Waals surface area (Å²) in [6, 6.07) is 15.8. The van der Waals surface area contributed by atoms with Gasteiger partial charge in [0.2, 0.25) is 12.7 Å². The van der Waals surface area contributed by atoms with Crippen molar-refractivity contribution in [3.63, 3.8) is 0 Å². The van der Waals surface area contributed by atoms with Gasteiger partial charge in [-0.05, 0) is 48.6 Å². The molecule has 5 rings (SSSR count). The summed E-state index contributed by atoms with van der Waals surface area (Å²) in [5.41, 5.74) is 1.27. The minimum absolute atomic E-state index is 0.106. The number of urea groups is 1. The molecule has 3 heterocycles. The van der Waals surface area contributed by atoms with Crippen LogP contribution in [0.1, 0.15) is 34.5 Å². The number of benzene rings is 2. The Kier molecular flexibility index (Phi) is 5.49. The number of nitrogens with one attached hydrogen (secondary N) is 2. The van der Waals surface area contributed by atoms with E-state index in [1.807, 2.05) is 48.7 Å². The van der Waals surface area contributed by atoms with Gasteiger partial charge in [-0.2, -0.15) is 0 Å². The molecule has 9 heteroatoms. The summed E-state index contributed by atoms with van der Waals surface area (Å²) in [6.07, 6.45) is 0. The number of ether oxygens (including phenoxy) is 2. The lowest BCUT2D eigenvalue weighted by Crippen LogP contribution is -2.44. The van der Waals surface area contributed by atoms with Crippen LogP contribution in [-0.4, -0.2) is 36.1 Å². The largest absolute Gasteiger partial charge is 0.454 e. The van der Waals surface area contributed by atoms with Crippen LogP contribution in [0.4, 0.5) is 4.79 Å². The fraction of sp³-hybridized carbons (Fsp3) is 0.240. The van der Waals surface area contributed by atoms with Gasteiger partial charge >= 0.3 is 6.03 Å². The summed E-state index contributed by atoms with van der Waals surface area (Å²) >= 11 is 1.53. The maximum absolute atomic E-state index is 13.3. The molecule has 34 heavy (non-hydrogen) atoms. The van der Waals surface area contributed by atoms with Crippen LogP contribution in [0, 0.1) is 6.92 Å². The predicted molar refractivity (Wildman–Crippen MR) is 126 cm³/mol. The van der Waals surface area contributed by atoms with Gasteiger partial charge in [-0.3, -0.25) is 14.5 Å². The highest BCUT2D eigenvalue weighted by atomic mass is 32.1. The Morgan fingerprint density at radius 2 is 1.91 bits per heavy atom. The second-order valence-electron chi connectivity index (χ2n) is 8.44. The molecule has 0 saturated carbocycles. The van der Waals surface area contributed by atoms with Gasteiger partial charge in [0, 0.05) is 4.88 Å². The van der Waals surface area contributed by atoms with Crippen molar-refractivity contribution in [2.24, 2.45) is 0 Å². The van der Waals surface area contributed by atoms with Crippen molar-refractivity contribution in [3.8, 4) is 11.5 Å². The van der Waals surface area contributed by atoms with E-state index in [2.05, 4.69) is 10.6 Å². The summed E-state index contributed by atoms with van der Waals surface area (Å²) in [6.45, 7) is 3.33. The first-order valence-electron chi connectivity index (χ1n) is 10.8. The third kappa shape index (κ3) is 3.88. The highest BCUT2D eigenvalue weighted by Gasteiger charge is 2.50. The highest BCUT2D eigenvalue weighted by Crippen LogP contribution is 2.38. The molecule has 1 aromatic heterocycles. The van der Waals surface area contributed by atoms with Gasteiger partial charge in [-0.25, -0.2) is 4.79 Å². The number of carbonyl (C=O) groups excluding carboxylic acids is 3. The molecule has 0 bridgehead atoms. The molecule has 0 unspecified atom stereocenters. The number of hydrogen-bond acceptors (Lipinski definition) is 6. The van der Waals surface area contributed by atoms with Crippen molar-refractivity contribution >= 4 is 29.2 Å². The first kappa shape index (κ1) is 22.0. The number of rotatable bonds is 6. The van der Waals surface area contributed by atoms with Gasteiger partial charge in [-0.1, -0.05) is 42.0 Å². The zero-order valence-corrected chi connectivity index (χ0v) is 19.5. The number of thiophene rings is 1. The zero-order valence-electron chi connectivity index (χ0n) is 18.7. The predicted octanol–water partition coefficient (Wildman–Crippen LogP) is 3.46. The number of hydrogen-bond donors (Lipinski definition) is 2. The van der Waals surface area contributed by atoms with Crippen LogP contribution in [0.3, 0.4) is 0 Å². The van der Waals surface area contributed by atoms with E-state index in [1.54, 1.807) is 25.1 Å². The third-order valence-electron chi connectivity index (χ3n) is 6.07. The molecular weight excluding hydrogens is 454 g/mol. The molecule has 8 nitrogen and oxygen atoms in total. The normalized spacial score (nSPS) is 19.8. The Morgan fingerprint density at radius 3 is 2.65 bits per heavy atom. The van der Waals surface area contributed by atoms with E-state index in [1.165, 1.54) is 11.3 Å². The first-order chi connectivity index (χ1) is 16.3. The molecule has 0 radical (unpaired) electrons. The smallest absolute Gasteiger partial charge is 0.325 e. The number of imide groups is 1. The van der Waals surface area contributed by atoms with E-state index in [-0.39, 0.29) is 12.8 Å². The van der Waals surface area contributed by atoms with Gasteiger partial charge < -0.3 is 20.1 Å². The van der Waals surface area contributed by atoms with Gasteiger partial charge in [-0.15, -0.1) is 11.3 Å². The molecule has 1 saturated heterocycles. The summed E-state index contributed by atoms with van der Waals surface area (Å²) in [7, 11) is 0. The fourth-order valence-corrected chi connectivity index (χ4v) is 4.93. The average Bonchev–Trinajstić information content (AvgIpc) is 3.56. The molecule has 0 aliphatic carbocycles. The lowest BCUT2D eigenvalue weighted by molar-refractivity contribution is -0.135. The van der Waals surface area contributed by atoms with E-state index in [4.69, 9.17) is 9.47 Å². The van der Waals surface area contributed by atoms with Gasteiger partial charge in [0.25, 0.3) is 5.91 Å². The maximum atomic E-state index is 13.3. The Labute approximate surface area is 200 Å². The van der Waals surface area contributed by atoms with Crippen LogP contribution in [0.15, 0.2) is 60.0 Å². The van der Waals surface area contributed by atoms with Gasteiger partial charge in [0.05, 0.1) is 6.04 Å². The fourth-order valence-electron chi connectivity index (χ4n) is 4.13. The Hall–Kier alpha value is -3.85. The number of aryl methyl sites for hydroxylation is 1.